The summed E-state index contributed by atoms with van der Waals surface area (Å²) in [7, 11) is 0. The molecule has 2 N–H and O–H groups in total. The quantitative estimate of drug-likeness (QED) is 0.409. The van der Waals surface area contributed by atoms with Crippen LogP contribution in [0.1, 0.15) is 5.56 Å². The van der Waals surface area contributed by atoms with Crippen molar-refractivity contribution in [2.24, 2.45) is 5.10 Å². The summed E-state index contributed by atoms with van der Waals surface area (Å²) in [5, 5.41) is 7.09. The minimum Gasteiger partial charge on any atom is -0.345 e. The Labute approximate surface area is 149 Å². The van der Waals surface area contributed by atoms with Gasteiger partial charge in [-0.15, -0.1) is 11.3 Å². The van der Waals surface area contributed by atoms with E-state index < -0.39 is 0 Å². The van der Waals surface area contributed by atoms with Crippen molar-refractivity contribution in [3.05, 3.63) is 77.9 Å². The van der Waals surface area contributed by atoms with Crippen molar-refractivity contribution in [3.8, 4) is 22.6 Å². The lowest BCUT2D eigenvalue weighted by Gasteiger charge is -2.02. The molecule has 4 aromatic rings. The Morgan fingerprint density at radius 3 is 2.72 bits per heavy atom. The molecule has 0 aliphatic carbocycles. The van der Waals surface area contributed by atoms with E-state index in [4.69, 9.17) is 0 Å². The molecule has 0 aliphatic heterocycles. The van der Waals surface area contributed by atoms with Crippen molar-refractivity contribution in [2.75, 3.05) is 5.43 Å². The molecule has 0 spiro atoms. The highest BCUT2D eigenvalue weighted by molar-refractivity contribution is 7.14. The molecule has 2 aromatic carbocycles. The second-order valence-electron chi connectivity index (χ2n) is 5.30. The van der Waals surface area contributed by atoms with Gasteiger partial charge in [0.1, 0.15) is 5.82 Å². The molecule has 0 unspecified atom stereocenters. The monoisotopic (exact) mass is 345 g/mol. The number of anilines is 1. The van der Waals surface area contributed by atoms with Crippen LogP contribution in [0.15, 0.2) is 77.5 Å². The summed E-state index contributed by atoms with van der Waals surface area (Å²) >= 11 is 1.53. The molecule has 2 aromatic heterocycles. The molecule has 25 heavy (non-hydrogen) atoms. The first kappa shape index (κ1) is 15.3. The second kappa shape index (κ2) is 7.11. The average Bonchev–Trinajstić information content (AvgIpc) is 3.35. The number of nitrogens with zero attached hydrogens (tertiary/aromatic N) is 3. The highest BCUT2D eigenvalue weighted by atomic mass is 32.1. The van der Waals surface area contributed by atoms with E-state index in [1.165, 1.54) is 11.3 Å². The van der Waals surface area contributed by atoms with Gasteiger partial charge in [-0.3, -0.25) is 5.43 Å². The fourth-order valence-electron chi connectivity index (χ4n) is 2.46. The number of hydrogen-bond donors (Lipinski definition) is 2. The first-order chi connectivity index (χ1) is 12.4. The summed E-state index contributed by atoms with van der Waals surface area (Å²) in [6.07, 6.45) is 5.33. The second-order valence-corrected chi connectivity index (χ2v) is 6.16. The maximum Gasteiger partial charge on any atom is 0.203 e. The lowest BCUT2D eigenvalue weighted by molar-refractivity contribution is 1.28. The Morgan fingerprint density at radius 2 is 1.88 bits per heavy atom. The van der Waals surface area contributed by atoms with Crippen molar-refractivity contribution >= 4 is 22.7 Å². The predicted molar refractivity (Wildman–Crippen MR) is 103 cm³/mol. The van der Waals surface area contributed by atoms with Gasteiger partial charge < -0.3 is 4.98 Å². The number of hydrogen-bond acceptors (Lipinski definition) is 5. The largest absolute Gasteiger partial charge is 0.345 e. The highest BCUT2D eigenvalue weighted by Crippen LogP contribution is 2.24. The molecule has 0 bridgehead atoms. The predicted octanol–water partition coefficient (Wildman–Crippen LogP) is 4.65. The smallest absolute Gasteiger partial charge is 0.203 e. The molecule has 122 valence electrons. The van der Waals surface area contributed by atoms with Gasteiger partial charge in [0, 0.05) is 34.5 Å². The fourth-order valence-corrected chi connectivity index (χ4v) is 3.13. The zero-order valence-corrected chi connectivity index (χ0v) is 14.1. The van der Waals surface area contributed by atoms with Gasteiger partial charge in [0.15, 0.2) is 0 Å². The van der Waals surface area contributed by atoms with E-state index in [1.54, 1.807) is 12.4 Å². The van der Waals surface area contributed by atoms with Gasteiger partial charge in [0.05, 0.1) is 11.9 Å². The van der Waals surface area contributed by atoms with E-state index in [2.05, 4.69) is 25.5 Å². The number of thiazole rings is 1. The Hall–Kier alpha value is -3.25. The Morgan fingerprint density at radius 1 is 1.04 bits per heavy atom. The van der Waals surface area contributed by atoms with Crippen LogP contribution in [-0.4, -0.2) is 21.2 Å². The first-order valence-electron chi connectivity index (χ1n) is 7.79. The third-order valence-corrected chi connectivity index (χ3v) is 4.40. The van der Waals surface area contributed by atoms with Crippen molar-refractivity contribution in [2.45, 2.75) is 0 Å². The van der Waals surface area contributed by atoms with Gasteiger partial charge in [-0.1, -0.05) is 54.6 Å². The van der Waals surface area contributed by atoms with Gasteiger partial charge in [-0.05, 0) is 0 Å². The van der Waals surface area contributed by atoms with E-state index in [1.807, 2.05) is 66.2 Å². The van der Waals surface area contributed by atoms with E-state index in [-0.39, 0.29) is 0 Å². The standard InChI is InChI=1S/C19H15N5S/c1-2-6-14(7-3-1)17-13-25-19(23-17)24-22-12-15-8-4-5-9-16(15)18-20-10-11-21-18/h1-13H,(H,20,21)(H,23,24). The zero-order chi connectivity index (χ0) is 16.9. The maximum absolute atomic E-state index is 4.56. The topological polar surface area (TPSA) is 66.0 Å². The first-order valence-corrected chi connectivity index (χ1v) is 8.67. The summed E-state index contributed by atoms with van der Waals surface area (Å²) in [5.74, 6) is 0.822. The van der Waals surface area contributed by atoms with Crippen molar-refractivity contribution < 1.29 is 0 Å². The molecular weight excluding hydrogens is 330 g/mol. The number of rotatable bonds is 5. The van der Waals surface area contributed by atoms with Crippen LogP contribution in [-0.2, 0) is 0 Å². The molecule has 4 rings (SSSR count). The molecule has 6 heteroatoms. The number of H-pyrrole nitrogens is 1. The van der Waals surface area contributed by atoms with E-state index in [9.17, 15) is 0 Å². The van der Waals surface area contributed by atoms with Crippen LogP contribution in [0.3, 0.4) is 0 Å². The molecule has 0 aliphatic rings. The summed E-state index contributed by atoms with van der Waals surface area (Å²) < 4.78 is 0. The molecular formula is C19H15N5S. The van der Waals surface area contributed by atoms with Crippen LogP contribution in [0.2, 0.25) is 0 Å². The maximum atomic E-state index is 4.56. The van der Waals surface area contributed by atoms with Crippen molar-refractivity contribution in [3.63, 3.8) is 0 Å². The van der Waals surface area contributed by atoms with Gasteiger partial charge in [-0.25, -0.2) is 9.97 Å². The SMILES string of the molecule is C(=NNc1nc(-c2ccccc2)cs1)c1ccccc1-c1ncc[nH]1. The van der Waals surface area contributed by atoms with Crippen LogP contribution in [0.5, 0.6) is 0 Å². The van der Waals surface area contributed by atoms with Crippen LogP contribution >= 0.6 is 11.3 Å². The van der Waals surface area contributed by atoms with Crippen LogP contribution in [0.4, 0.5) is 5.13 Å². The number of hydrazone groups is 1. The van der Waals surface area contributed by atoms with Crippen LogP contribution in [0, 0.1) is 0 Å². The minimum absolute atomic E-state index is 0.755. The van der Waals surface area contributed by atoms with Crippen LogP contribution < -0.4 is 5.43 Å². The van der Waals surface area contributed by atoms with E-state index in [0.29, 0.717) is 0 Å². The third-order valence-electron chi connectivity index (χ3n) is 3.65. The number of nitrogens with one attached hydrogen (secondary N) is 2. The normalized spacial score (nSPS) is 11.0. The third kappa shape index (κ3) is 3.49. The van der Waals surface area contributed by atoms with E-state index >= 15 is 0 Å². The Balaban J connectivity index is 1.50. The summed E-state index contributed by atoms with van der Waals surface area (Å²) in [5.41, 5.74) is 7.02. The summed E-state index contributed by atoms with van der Waals surface area (Å²) in [4.78, 5) is 12.0. The molecule has 0 fully saturated rings. The zero-order valence-electron chi connectivity index (χ0n) is 13.3. The number of benzene rings is 2. The van der Waals surface area contributed by atoms with Gasteiger partial charge in [-0.2, -0.15) is 5.10 Å². The Kier molecular flexibility index (Phi) is 4.35. The molecule has 0 radical (unpaired) electrons. The number of aromatic nitrogens is 3. The number of aromatic amines is 1. The molecule has 0 saturated heterocycles. The summed E-state index contributed by atoms with van der Waals surface area (Å²) in [6, 6.07) is 18.1. The molecule has 0 atom stereocenters. The fraction of sp³-hybridized carbons (Fsp3) is 0. The number of imidazole rings is 1. The summed E-state index contributed by atoms with van der Waals surface area (Å²) in [6.45, 7) is 0. The minimum atomic E-state index is 0.755. The highest BCUT2D eigenvalue weighted by Gasteiger charge is 2.05. The Bertz CT molecular complexity index is 974. The average molecular weight is 345 g/mol. The van der Waals surface area contributed by atoms with E-state index in [0.717, 1.165) is 33.3 Å². The molecule has 0 saturated carbocycles. The van der Waals surface area contributed by atoms with Gasteiger partial charge in [0.2, 0.25) is 5.13 Å². The van der Waals surface area contributed by atoms with Crippen molar-refractivity contribution in [1.82, 2.24) is 15.0 Å². The molecule has 2 heterocycles. The lowest BCUT2D eigenvalue weighted by atomic mass is 10.1. The lowest BCUT2D eigenvalue weighted by Crippen LogP contribution is -1.93. The van der Waals surface area contributed by atoms with Crippen molar-refractivity contribution in [1.29, 1.82) is 0 Å². The van der Waals surface area contributed by atoms with Gasteiger partial charge in [0.25, 0.3) is 0 Å². The molecule has 5 nitrogen and oxygen atoms in total. The molecule has 0 amide bonds. The van der Waals surface area contributed by atoms with Gasteiger partial charge >= 0.3 is 0 Å². The van der Waals surface area contributed by atoms with Crippen LogP contribution in [0.25, 0.3) is 22.6 Å².